The van der Waals surface area contributed by atoms with Crippen LogP contribution in [0.2, 0.25) is 0 Å². The molecule has 0 aromatic heterocycles. The van der Waals surface area contributed by atoms with Gasteiger partial charge in [0.2, 0.25) is 0 Å². The van der Waals surface area contributed by atoms with Crippen LogP contribution in [0.5, 0.6) is 0 Å². The summed E-state index contributed by atoms with van der Waals surface area (Å²) >= 11 is 0. The molecule has 0 spiro atoms. The Balaban J connectivity index is 1.83. The molecule has 2 aromatic rings. The van der Waals surface area contributed by atoms with Crippen molar-refractivity contribution in [1.29, 1.82) is 0 Å². The molecule has 22 heavy (non-hydrogen) atoms. The molecule has 0 radical (unpaired) electrons. The minimum Gasteiger partial charge on any atom is -0.330 e. The third kappa shape index (κ3) is 3.40. The van der Waals surface area contributed by atoms with Gasteiger partial charge in [-0.25, -0.2) is 0 Å². The topological polar surface area (TPSA) is 29.3 Å². The maximum absolute atomic E-state index is 5.77. The summed E-state index contributed by atoms with van der Waals surface area (Å²) in [5.74, 6) is 0. The summed E-state index contributed by atoms with van der Waals surface area (Å²) in [6.45, 7) is 5.11. The second kappa shape index (κ2) is 7.08. The third-order valence-corrected chi connectivity index (χ3v) is 4.67. The van der Waals surface area contributed by atoms with Crippen LogP contribution < -0.4 is 5.73 Å². The van der Waals surface area contributed by atoms with Gasteiger partial charge in [-0.05, 0) is 49.4 Å². The van der Waals surface area contributed by atoms with Crippen LogP contribution in [-0.4, -0.2) is 18.0 Å². The Morgan fingerprint density at radius 2 is 2.00 bits per heavy atom. The fourth-order valence-corrected chi connectivity index (χ4v) is 3.59. The zero-order valence-electron chi connectivity index (χ0n) is 13.5. The maximum atomic E-state index is 5.77. The van der Waals surface area contributed by atoms with Gasteiger partial charge in [0.15, 0.2) is 0 Å². The van der Waals surface area contributed by atoms with Crippen LogP contribution in [0.3, 0.4) is 0 Å². The Morgan fingerprint density at radius 3 is 2.82 bits per heavy atom. The number of hydrogen-bond donors (Lipinski definition) is 1. The SMILES string of the molecule is Cc1cccc(CN2CCc3ccccc3C2CCCN)c1. The first-order chi connectivity index (χ1) is 10.8. The van der Waals surface area contributed by atoms with Crippen LogP contribution in [0.15, 0.2) is 48.5 Å². The minimum absolute atomic E-state index is 0.508. The fraction of sp³-hybridized carbons (Fsp3) is 0.400. The molecule has 1 aliphatic heterocycles. The molecule has 0 bridgehead atoms. The summed E-state index contributed by atoms with van der Waals surface area (Å²) < 4.78 is 0. The molecule has 3 rings (SSSR count). The smallest absolute Gasteiger partial charge is 0.0354 e. The largest absolute Gasteiger partial charge is 0.330 e. The first-order valence-corrected chi connectivity index (χ1v) is 8.35. The average molecular weight is 294 g/mol. The molecule has 0 fully saturated rings. The van der Waals surface area contributed by atoms with Gasteiger partial charge >= 0.3 is 0 Å². The van der Waals surface area contributed by atoms with Gasteiger partial charge in [0, 0.05) is 19.1 Å². The normalized spacial score (nSPS) is 18.2. The first kappa shape index (κ1) is 15.3. The quantitative estimate of drug-likeness (QED) is 0.908. The number of fused-ring (bicyclic) bond motifs is 1. The van der Waals surface area contributed by atoms with Crippen molar-refractivity contribution in [3.8, 4) is 0 Å². The van der Waals surface area contributed by atoms with Crippen molar-refractivity contribution in [1.82, 2.24) is 4.90 Å². The van der Waals surface area contributed by atoms with E-state index in [1.54, 1.807) is 0 Å². The van der Waals surface area contributed by atoms with Crippen LogP contribution in [0.25, 0.3) is 0 Å². The minimum atomic E-state index is 0.508. The number of rotatable bonds is 5. The van der Waals surface area contributed by atoms with Gasteiger partial charge in [0.05, 0.1) is 0 Å². The summed E-state index contributed by atoms with van der Waals surface area (Å²) in [5, 5.41) is 0. The Morgan fingerprint density at radius 1 is 1.14 bits per heavy atom. The maximum Gasteiger partial charge on any atom is 0.0354 e. The Labute approximate surface area is 134 Å². The molecule has 2 nitrogen and oxygen atoms in total. The molecular formula is C20H26N2. The summed E-state index contributed by atoms with van der Waals surface area (Å²) in [6, 6.07) is 18.3. The van der Waals surface area contributed by atoms with Gasteiger partial charge in [0.25, 0.3) is 0 Å². The van der Waals surface area contributed by atoms with E-state index in [2.05, 4.69) is 60.4 Å². The molecule has 0 saturated carbocycles. The standard InChI is InChI=1S/C20H26N2/c1-16-6-4-7-17(14-16)15-22-13-11-18-8-2-3-9-19(18)20(22)10-5-12-21/h2-4,6-9,14,20H,5,10-13,15,21H2,1H3. The van der Waals surface area contributed by atoms with E-state index in [0.29, 0.717) is 6.04 Å². The van der Waals surface area contributed by atoms with Crippen LogP contribution in [0.4, 0.5) is 0 Å². The van der Waals surface area contributed by atoms with Gasteiger partial charge < -0.3 is 5.73 Å². The fourth-order valence-electron chi connectivity index (χ4n) is 3.59. The lowest BCUT2D eigenvalue weighted by atomic mass is 9.89. The van der Waals surface area contributed by atoms with E-state index >= 15 is 0 Å². The molecule has 1 atom stereocenters. The van der Waals surface area contributed by atoms with E-state index in [4.69, 9.17) is 5.73 Å². The van der Waals surface area contributed by atoms with Crippen molar-refractivity contribution in [3.05, 3.63) is 70.8 Å². The van der Waals surface area contributed by atoms with E-state index < -0.39 is 0 Å². The van der Waals surface area contributed by atoms with Crippen molar-refractivity contribution < 1.29 is 0 Å². The van der Waals surface area contributed by atoms with Gasteiger partial charge in [-0.2, -0.15) is 0 Å². The van der Waals surface area contributed by atoms with Crippen molar-refractivity contribution in [2.24, 2.45) is 5.73 Å². The predicted molar refractivity (Wildman–Crippen MR) is 92.8 cm³/mol. The molecular weight excluding hydrogens is 268 g/mol. The van der Waals surface area contributed by atoms with Crippen molar-refractivity contribution >= 4 is 0 Å². The van der Waals surface area contributed by atoms with E-state index in [9.17, 15) is 0 Å². The zero-order valence-corrected chi connectivity index (χ0v) is 13.5. The van der Waals surface area contributed by atoms with Crippen LogP contribution in [0.1, 0.15) is 41.1 Å². The van der Waals surface area contributed by atoms with Crippen molar-refractivity contribution in [2.75, 3.05) is 13.1 Å². The number of nitrogens with two attached hydrogens (primary N) is 1. The van der Waals surface area contributed by atoms with Crippen LogP contribution in [0, 0.1) is 6.92 Å². The van der Waals surface area contributed by atoms with Crippen molar-refractivity contribution in [3.63, 3.8) is 0 Å². The highest BCUT2D eigenvalue weighted by atomic mass is 15.2. The average Bonchev–Trinajstić information content (AvgIpc) is 2.54. The van der Waals surface area contributed by atoms with E-state index in [1.165, 1.54) is 22.3 Å². The summed E-state index contributed by atoms with van der Waals surface area (Å²) in [6.07, 6.45) is 3.39. The van der Waals surface area contributed by atoms with E-state index in [-0.39, 0.29) is 0 Å². The molecule has 116 valence electrons. The van der Waals surface area contributed by atoms with Gasteiger partial charge in [0.1, 0.15) is 0 Å². The van der Waals surface area contributed by atoms with Crippen LogP contribution in [-0.2, 0) is 13.0 Å². The lowest BCUT2D eigenvalue weighted by Crippen LogP contribution is -2.35. The molecule has 1 unspecified atom stereocenters. The monoisotopic (exact) mass is 294 g/mol. The Bertz CT molecular complexity index is 621. The lowest BCUT2D eigenvalue weighted by molar-refractivity contribution is 0.165. The number of nitrogens with zero attached hydrogens (tertiary/aromatic N) is 1. The number of hydrogen-bond acceptors (Lipinski definition) is 2. The molecule has 0 aliphatic carbocycles. The van der Waals surface area contributed by atoms with Crippen molar-refractivity contribution in [2.45, 2.75) is 38.8 Å². The molecule has 2 aromatic carbocycles. The molecule has 2 N–H and O–H groups in total. The molecule has 1 heterocycles. The summed E-state index contributed by atoms with van der Waals surface area (Å²) in [4.78, 5) is 2.63. The summed E-state index contributed by atoms with van der Waals surface area (Å²) in [7, 11) is 0. The first-order valence-electron chi connectivity index (χ1n) is 8.35. The van der Waals surface area contributed by atoms with Gasteiger partial charge in [-0.15, -0.1) is 0 Å². The Kier molecular flexibility index (Phi) is 4.91. The van der Waals surface area contributed by atoms with Crippen LogP contribution >= 0.6 is 0 Å². The molecule has 2 heteroatoms. The molecule has 1 aliphatic rings. The molecule has 0 saturated heterocycles. The third-order valence-electron chi connectivity index (χ3n) is 4.67. The lowest BCUT2D eigenvalue weighted by Gasteiger charge is -2.37. The highest BCUT2D eigenvalue weighted by Crippen LogP contribution is 2.34. The predicted octanol–water partition coefficient (Wildman–Crippen LogP) is 3.83. The van der Waals surface area contributed by atoms with Gasteiger partial charge in [-0.3, -0.25) is 4.90 Å². The highest BCUT2D eigenvalue weighted by Gasteiger charge is 2.26. The highest BCUT2D eigenvalue weighted by molar-refractivity contribution is 5.33. The number of benzene rings is 2. The molecule has 0 amide bonds. The number of aryl methyl sites for hydroxylation is 1. The second-order valence-electron chi connectivity index (χ2n) is 6.36. The Hall–Kier alpha value is -1.64. The summed E-state index contributed by atoms with van der Waals surface area (Å²) in [5.41, 5.74) is 11.5. The van der Waals surface area contributed by atoms with E-state index in [1.807, 2.05) is 0 Å². The van der Waals surface area contributed by atoms with Gasteiger partial charge in [-0.1, -0.05) is 54.1 Å². The zero-order chi connectivity index (χ0) is 15.4. The second-order valence-corrected chi connectivity index (χ2v) is 6.36. The van der Waals surface area contributed by atoms with E-state index in [0.717, 1.165) is 38.9 Å².